The average Bonchev–Trinajstić information content (AvgIpc) is 3.09. The van der Waals surface area contributed by atoms with Gasteiger partial charge in [0.15, 0.2) is 11.0 Å². The molecule has 0 bridgehead atoms. The Hall–Kier alpha value is -2.94. The summed E-state index contributed by atoms with van der Waals surface area (Å²) in [7, 11) is 2.08. The Kier molecular flexibility index (Phi) is 5.70. The van der Waals surface area contributed by atoms with Gasteiger partial charge in [0.25, 0.3) is 6.33 Å². The Balaban J connectivity index is 1.95. The third-order valence-electron chi connectivity index (χ3n) is 6.18. The van der Waals surface area contributed by atoms with E-state index in [2.05, 4.69) is 119 Å². The van der Waals surface area contributed by atoms with Gasteiger partial charge in [0.2, 0.25) is 5.82 Å². The molecule has 3 heteroatoms. The highest BCUT2D eigenvalue weighted by atomic mass is 15.2. The zero-order valence-corrected chi connectivity index (χ0v) is 19.8. The molecule has 31 heavy (non-hydrogen) atoms. The summed E-state index contributed by atoms with van der Waals surface area (Å²) in [5.74, 6) is 2.32. The zero-order chi connectivity index (χ0) is 22.3. The number of hydrogen-bond acceptors (Lipinski definition) is 1. The Morgan fingerprint density at radius 3 is 2.03 bits per heavy atom. The van der Waals surface area contributed by atoms with Gasteiger partial charge in [-0.2, -0.15) is 4.57 Å². The van der Waals surface area contributed by atoms with E-state index in [1.807, 2.05) is 0 Å². The van der Waals surface area contributed by atoms with E-state index in [-0.39, 0.29) is 0 Å². The van der Waals surface area contributed by atoms with Crippen LogP contribution in [0.4, 0.5) is 0 Å². The summed E-state index contributed by atoms with van der Waals surface area (Å²) in [5, 5.41) is 0. The molecule has 2 aromatic heterocycles. The molecule has 4 aromatic rings. The second kappa shape index (κ2) is 8.30. The number of nitrogens with zero attached hydrogens (tertiary/aromatic N) is 3. The summed E-state index contributed by atoms with van der Waals surface area (Å²) in [4.78, 5) is 5.19. The van der Waals surface area contributed by atoms with Gasteiger partial charge in [-0.05, 0) is 52.6 Å². The fraction of sp³-hybridized carbons (Fsp3) is 0.357. The maximum Gasteiger partial charge on any atom is 0.251 e. The van der Waals surface area contributed by atoms with E-state index < -0.39 is 0 Å². The minimum atomic E-state index is 0.432. The monoisotopic (exact) mass is 412 g/mol. The standard InChI is InChI=1S/C28H34N3/c1-18(2)21-15-22(19(3)4)28(23(16-21)20(5)6)24-11-10-14-27(29-24)31-17-30(7)25-12-8-9-13-26(25)31/h8-20H,1-7H3/q+1. The molecule has 0 fully saturated rings. The van der Waals surface area contributed by atoms with Crippen LogP contribution < -0.4 is 4.57 Å². The van der Waals surface area contributed by atoms with E-state index in [1.54, 1.807) is 0 Å². The van der Waals surface area contributed by atoms with E-state index in [0.29, 0.717) is 17.8 Å². The molecular formula is C28H34N3+. The van der Waals surface area contributed by atoms with E-state index in [0.717, 1.165) is 17.0 Å². The summed E-state index contributed by atoms with van der Waals surface area (Å²) >= 11 is 0. The van der Waals surface area contributed by atoms with Crippen molar-refractivity contribution in [1.82, 2.24) is 9.55 Å². The van der Waals surface area contributed by atoms with Crippen molar-refractivity contribution in [3.63, 3.8) is 0 Å². The van der Waals surface area contributed by atoms with Crippen LogP contribution in [0.15, 0.2) is 60.9 Å². The molecule has 4 rings (SSSR count). The van der Waals surface area contributed by atoms with Crippen molar-refractivity contribution in [2.45, 2.75) is 59.3 Å². The van der Waals surface area contributed by atoms with Crippen LogP contribution in [-0.4, -0.2) is 9.55 Å². The Morgan fingerprint density at radius 2 is 1.42 bits per heavy atom. The number of aromatic nitrogens is 3. The Bertz CT molecular complexity index is 1200. The lowest BCUT2D eigenvalue weighted by atomic mass is 9.83. The van der Waals surface area contributed by atoms with Gasteiger partial charge in [0.05, 0.1) is 12.7 Å². The molecule has 0 spiro atoms. The highest BCUT2D eigenvalue weighted by Gasteiger charge is 2.21. The van der Waals surface area contributed by atoms with Gasteiger partial charge in [-0.1, -0.05) is 71.9 Å². The Labute approximate surface area is 186 Å². The van der Waals surface area contributed by atoms with Crippen LogP contribution in [0.1, 0.15) is 76.0 Å². The van der Waals surface area contributed by atoms with Crippen LogP contribution in [0.2, 0.25) is 0 Å². The van der Waals surface area contributed by atoms with E-state index >= 15 is 0 Å². The number of imidazole rings is 1. The first-order valence-corrected chi connectivity index (χ1v) is 11.4. The molecule has 0 atom stereocenters. The van der Waals surface area contributed by atoms with Gasteiger partial charge >= 0.3 is 0 Å². The van der Waals surface area contributed by atoms with E-state index in [1.165, 1.54) is 27.8 Å². The smallest absolute Gasteiger partial charge is 0.232 e. The molecule has 2 aromatic carbocycles. The van der Waals surface area contributed by atoms with Crippen molar-refractivity contribution in [2.75, 3.05) is 0 Å². The van der Waals surface area contributed by atoms with Gasteiger partial charge in [-0.15, -0.1) is 0 Å². The first kappa shape index (κ1) is 21.3. The molecule has 0 saturated heterocycles. The maximum atomic E-state index is 5.19. The predicted octanol–water partition coefficient (Wildman–Crippen LogP) is 6.89. The quantitative estimate of drug-likeness (QED) is 0.327. The molecule has 0 N–H and O–H groups in total. The van der Waals surface area contributed by atoms with Crippen molar-refractivity contribution in [1.29, 1.82) is 0 Å². The summed E-state index contributed by atoms with van der Waals surface area (Å²) in [6.07, 6.45) is 2.12. The molecule has 2 heterocycles. The van der Waals surface area contributed by atoms with Crippen LogP contribution in [0, 0.1) is 0 Å². The highest BCUT2D eigenvalue weighted by molar-refractivity contribution is 5.75. The third-order valence-corrected chi connectivity index (χ3v) is 6.18. The van der Waals surface area contributed by atoms with Gasteiger partial charge in [0, 0.05) is 11.6 Å². The minimum absolute atomic E-state index is 0.432. The van der Waals surface area contributed by atoms with Crippen molar-refractivity contribution in [2.24, 2.45) is 7.05 Å². The molecule has 0 aliphatic carbocycles. The lowest BCUT2D eigenvalue weighted by Crippen LogP contribution is -2.25. The summed E-state index contributed by atoms with van der Waals surface area (Å²) in [6, 6.07) is 19.7. The van der Waals surface area contributed by atoms with Crippen LogP contribution in [0.25, 0.3) is 28.1 Å². The van der Waals surface area contributed by atoms with Gasteiger partial charge < -0.3 is 0 Å². The minimum Gasteiger partial charge on any atom is -0.232 e. The van der Waals surface area contributed by atoms with Crippen LogP contribution in [-0.2, 0) is 7.05 Å². The lowest BCUT2D eigenvalue weighted by Gasteiger charge is -2.22. The van der Waals surface area contributed by atoms with E-state index in [4.69, 9.17) is 4.98 Å². The zero-order valence-electron chi connectivity index (χ0n) is 19.8. The van der Waals surface area contributed by atoms with Crippen LogP contribution in [0.5, 0.6) is 0 Å². The molecule has 0 amide bonds. The van der Waals surface area contributed by atoms with Crippen molar-refractivity contribution in [3.8, 4) is 17.1 Å². The van der Waals surface area contributed by atoms with Crippen LogP contribution >= 0.6 is 0 Å². The fourth-order valence-corrected chi connectivity index (χ4v) is 4.39. The van der Waals surface area contributed by atoms with Gasteiger partial charge in [0.1, 0.15) is 0 Å². The summed E-state index contributed by atoms with van der Waals surface area (Å²) < 4.78 is 4.34. The largest absolute Gasteiger partial charge is 0.251 e. The number of benzene rings is 2. The topological polar surface area (TPSA) is 21.7 Å². The Morgan fingerprint density at radius 1 is 0.774 bits per heavy atom. The summed E-state index contributed by atoms with van der Waals surface area (Å²) in [6.45, 7) is 13.7. The van der Waals surface area contributed by atoms with Crippen molar-refractivity contribution in [3.05, 3.63) is 77.6 Å². The fourth-order valence-electron chi connectivity index (χ4n) is 4.39. The molecule has 0 aliphatic heterocycles. The number of para-hydroxylation sites is 2. The lowest BCUT2D eigenvalue weighted by molar-refractivity contribution is -0.645. The molecule has 3 nitrogen and oxygen atoms in total. The first-order valence-electron chi connectivity index (χ1n) is 11.4. The van der Waals surface area contributed by atoms with E-state index in [9.17, 15) is 0 Å². The first-order chi connectivity index (χ1) is 14.8. The predicted molar refractivity (Wildman–Crippen MR) is 130 cm³/mol. The van der Waals surface area contributed by atoms with Crippen LogP contribution in [0.3, 0.4) is 0 Å². The number of hydrogen-bond donors (Lipinski definition) is 0. The van der Waals surface area contributed by atoms with Gasteiger partial charge in [-0.25, -0.2) is 9.55 Å². The van der Waals surface area contributed by atoms with Gasteiger partial charge in [-0.3, -0.25) is 0 Å². The highest BCUT2D eigenvalue weighted by Crippen LogP contribution is 2.38. The average molecular weight is 413 g/mol. The molecular weight excluding hydrogens is 378 g/mol. The number of rotatable bonds is 5. The number of fused-ring (bicyclic) bond motifs is 1. The second-order valence-corrected chi connectivity index (χ2v) is 9.50. The third kappa shape index (κ3) is 3.89. The molecule has 160 valence electrons. The summed E-state index contributed by atoms with van der Waals surface area (Å²) in [5.41, 5.74) is 8.91. The molecule has 0 radical (unpaired) electrons. The SMILES string of the molecule is CC(C)c1cc(C(C)C)c(-c2cccc(-n3c[n+](C)c4ccccc43)n2)c(C(C)C)c1. The maximum absolute atomic E-state index is 5.19. The van der Waals surface area contributed by atoms with Crippen molar-refractivity contribution < 1.29 is 4.57 Å². The second-order valence-electron chi connectivity index (χ2n) is 9.50. The number of pyridine rings is 1. The molecule has 0 aliphatic rings. The number of aryl methyl sites for hydroxylation is 1. The molecule has 0 saturated carbocycles. The normalized spacial score (nSPS) is 11.9. The van der Waals surface area contributed by atoms with Crippen molar-refractivity contribution >= 4 is 11.0 Å². The molecule has 0 unspecified atom stereocenters.